The molecule has 0 saturated carbocycles. The fourth-order valence-electron chi connectivity index (χ4n) is 2.72. The molecule has 1 aromatic carbocycles. The summed E-state index contributed by atoms with van der Waals surface area (Å²) in [6.07, 6.45) is 4.02. The number of carboxylic acids is 2. The molecule has 3 rings (SSSR count). The fourth-order valence-corrected chi connectivity index (χ4v) is 2.72. The molecule has 9 nitrogen and oxygen atoms in total. The lowest BCUT2D eigenvalue weighted by molar-refractivity contribution is 0.0696. The number of benzene rings is 1. The zero-order valence-corrected chi connectivity index (χ0v) is 13.4. The molecule has 2 aromatic rings. The van der Waals surface area contributed by atoms with Crippen LogP contribution in [-0.4, -0.2) is 49.7 Å². The second-order valence-corrected chi connectivity index (χ2v) is 5.87. The summed E-state index contributed by atoms with van der Waals surface area (Å²) in [5.74, 6) is -2.28. The Bertz CT molecular complexity index is 750. The molecule has 1 saturated heterocycles. The van der Waals surface area contributed by atoms with Crippen molar-refractivity contribution in [2.75, 3.05) is 6.54 Å². The number of hydrogen-bond acceptors (Lipinski definition) is 6. The molecule has 0 radical (unpaired) electrons. The second kappa shape index (κ2) is 7.31. The van der Waals surface area contributed by atoms with E-state index < -0.39 is 11.9 Å². The Balaban J connectivity index is 1.65. The summed E-state index contributed by atoms with van der Waals surface area (Å²) in [4.78, 5) is 22.2. The van der Waals surface area contributed by atoms with Gasteiger partial charge in [-0.3, -0.25) is 4.68 Å². The van der Waals surface area contributed by atoms with E-state index >= 15 is 0 Å². The van der Waals surface area contributed by atoms with Crippen LogP contribution in [0.5, 0.6) is 5.75 Å². The van der Waals surface area contributed by atoms with Crippen LogP contribution in [0.4, 0.5) is 0 Å². The minimum atomic E-state index is -1.22. The predicted octanol–water partition coefficient (Wildman–Crippen LogP) is 1.01. The standard InChI is InChI=1S/C16H18N4O5/c21-15(22)10-4-11(16(23)24)6-14(5-10)25-9-13-8-20(19-18-13)7-12-2-1-3-17-12/h4-6,8,12,17H,1-3,7,9H2,(H,21,22)(H,23,24)/t12-/m1/s1. The summed E-state index contributed by atoms with van der Waals surface area (Å²) in [5, 5.41) is 29.6. The van der Waals surface area contributed by atoms with Gasteiger partial charge in [-0.15, -0.1) is 5.10 Å². The summed E-state index contributed by atoms with van der Waals surface area (Å²) in [7, 11) is 0. The fraction of sp³-hybridized carbons (Fsp3) is 0.375. The number of carboxylic acid groups (broad SMARTS) is 2. The van der Waals surface area contributed by atoms with Gasteiger partial charge in [-0.1, -0.05) is 5.21 Å². The highest BCUT2D eigenvalue weighted by atomic mass is 16.5. The average molecular weight is 346 g/mol. The van der Waals surface area contributed by atoms with E-state index in [1.165, 1.54) is 12.1 Å². The predicted molar refractivity (Wildman–Crippen MR) is 85.7 cm³/mol. The van der Waals surface area contributed by atoms with Crippen LogP contribution in [0.1, 0.15) is 39.3 Å². The normalized spacial score (nSPS) is 16.7. The van der Waals surface area contributed by atoms with Crippen molar-refractivity contribution in [3.05, 3.63) is 41.2 Å². The van der Waals surface area contributed by atoms with Crippen LogP contribution in [0.25, 0.3) is 0 Å². The SMILES string of the molecule is O=C(O)c1cc(OCc2cn(C[C@H]3CCCN3)nn2)cc(C(=O)O)c1. The van der Waals surface area contributed by atoms with E-state index in [9.17, 15) is 9.59 Å². The number of nitrogens with zero attached hydrogens (tertiary/aromatic N) is 3. The minimum absolute atomic E-state index is 0.0697. The van der Waals surface area contributed by atoms with Crippen LogP contribution in [0.15, 0.2) is 24.4 Å². The average Bonchev–Trinajstić information content (AvgIpc) is 3.25. The summed E-state index contributed by atoms with van der Waals surface area (Å²) in [5.41, 5.74) is 0.285. The number of rotatable bonds is 7. The van der Waals surface area contributed by atoms with Gasteiger partial charge >= 0.3 is 11.9 Å². The van der Waals surface area contributed by atoms with Gasteiger partial charge in [0.25, 0.3) is 0 Å². The van der Waals surface area contributed by atoms with Crippen LogP contribution in [0.3, 0.4) is 0 Å². The zero-order valence-electron chi connectivity index (χ0n) is 13.4. The van der Waals surface area contributed by atoms with Gasteiger partial charge in [0, 0.05) is 6.04 Å². The van der Waals surface area contributed by atoms with E-state index in [1.54, 1.807) is 10.9 Å². The van der Waals surface area contributed by atoms with Crippen molar-refractivity contribution in [1.82, 2.24) is 20.3 Å². The largest absolute Gasteiger partial charge is 0.487 e. The van der Waals surface area contributed by atoms with Crippen LogP contribution in [0, 0.1) is 0 Å². The Hall–Kier alpha value is -2.94. The Morgan fingerprint density at radius 1 is 1.24 bits per heavy atom. The Morgan fingerprint density at radius 2 is 1.96 bits per heavy atom. The van der Waals surface area contributed by atoms with Crippen molar-refractivity contribution in [1.29, 1.82) is 0 Å². The van der Waals surface area contributed by atoms with E-state index in [2.05, 4.69) is 15.6 Å². The second-order valence-electron chi connectivity index (χ2n) is 5.87. The smallest absolute Gasteiger partial charge is 0.335 e. The van der Waals surface area contributed by atoms with Crippen LogP contribution in [-0.2, 0) is 13.2 Å². The molecule has 3 N–H and O–H groups in total. The van der Waals surface area contributed by atoms with Crippen molar-refractivity contribution < 1.29 is 24.5 Å². The molecule has 1 aliphatic rings. The third-order valence-corrected chi connectivity index (χ3v) is 3.94. The topological polar surface area (TPSA) is 127 Å². The lowest BCUT2D eigenvalue weighted by Gasteiger charge is -2.08. The van der Waals surface area contributed by atoms with Crippen LogP contribution < -0.4 is 10.1 Å². The molecule has 0 unspecified atom stereocenters. The van der Waals surface area contributed by atoms with Crippen LogP contribution >= 0.6 is 0 Å². The third-order valence-electron chi connectivity index (χ3n) is 3.94. The molecule has 132 valence electrons. The first-order valence-electron chi connectivity index (χ1n) is 7.88. The molecule has 1 aromatic heterocycles. The van der Waals surface area contributed by atoms with E-state index in [4.69, 9.17) is 14.9 Å². The summed E-state index contributed by atoms with van der Waals surface area (Å²) < 4.78 is 7.23. The van der Waals surface area contributed by atoms with E-state index in [0.29, 0.717) is 11.7 Å². The summed E-state index contributed by atoms with van der Waals surface area (Å²) in [6.45, 7) is 1.81. The first-order chi connectivity index (χ1) is 12.0. The van der Waals surface area contributed by atoms with Crippen molar-refractivity contribution in [3.63, 3.8) is 0 Å². The Kier molecular flexibility index (Phi) is 4.94. The summed E-state index contributed by atoms with van der Waals surface area (Å²) >= 11 is 0. The number of ether oxygens (including phenoxy) is 1. The van der Waals surface area contributed by atoms with Gasteiger partial charge in [-0.25, -0.2) is 9.59 Å². The van der Waals surface area contributed by atoms with Gasteiger partial charge in [0.2, 0.25) is 0 Å². The number of carbonyl (C=O) groups is 2. The lowest BCUT2D eigenvalue weighted by Crippen LogP contribution is -2.26. The van der Waals surface area contributed by atoms with Gasteiger partial charge in [0.15, 0.2) is 0 Å². The molecular formula is C16H18N4O5. The molecule has 0 bridgehead atoms. The first-order valence-corrected chi connectivity index (χ1v) is 7.88. The highest BCUT2D eigenvalue weighted by Crippen LogP contribution is 2.19. The molecule has 1 fully saturated rings. The maximum absolute atomic E-state index is 11.1. The highest BCUT2D eigenvalue weighted by Gasteiger charge is 2.16. The van der Waals surface area contributed by atoms with Crippen molar-refractivity contribution in [3.8, 4) is 5.75 Å². The van der Waals surface area contributed by atoms with Crippen molar-refractivity contribution in [2.45, 2.75) is 32.0 Å². The minimum Gasteiger partial charge on any atom is -0.487 e. The summed E-state index contributed by atoms with van der Waals surface area (Å²) in [6, 6.07) is 4.03. The maximum Gasteiger partial charge on any atom is 0.335 e. The lowest BCUT2D eigenvalue weighted by atomic mass is 10.1. The number of aromatic carboxylic acids is 2. The van der Waals surface area contributed by atoms with Gasteiger partial charge in [0.1, 0.15) is 18.1 Å². The molecule has 25 heavy (non-hydrogen) atoms. The molecule has 2 heterocycles. The monoisotopic (exact) mass is 346 g/mol. The molecule has 0 spiro atoms. The molecular weight excluding hydrogens is 328 g/mol. The van der Waals surface area contributed by atoms with Gasteiger partial charge in [-0.05, 0) is 37.6 Å². The van der Waals surface area contributed by atoms with Crippen molar-refractivity contribution in [2.24, 2.45) is 0 Å². The van der Waals surface area contributed by atoms with E-state index in [0.717, 1.165) is 32.0 Å². The quantitative estimate of drug-likeness (QED) is 0.678. The molecule has 0 amide bonds. The molecule has 1 atom stereocenters. The van der Waals surface area contributed by atoms with E-state index in [-0.39, 0.29) is 23.5 Å². The maximum atomic E-state index is 11.1. The highest BCUT2D eigenvalue weighted by molar-refractivity contribution is 5.94. The van der Waals surface area contributed by atoms with Crippen molar-refractivity contribution >= 4 is 11.9 Å². The number of aromatic nitrogens is 3. The zero-order chi connectivity index (χ0) is 17.8. The number of hydrogen-bond donors (Lipinski definition) is 3. The molecule has 0 aliphatic carbocycles. The van der Waals surface area contributed by atoms with Gasteiger partial charge < -0.3 is 20.3 Å². The Labute approximate surface area is 143 Å². The van der Waals surface area contributed by atoms with E-state index in [1.807, 2.05) is 0 Å². The third kappa shape index (κ3) is 4.32. The first kappa shape index (κ1) is 16.9. The van der Waals surface area contributed by atoms with Crippen LogP contribution in [0.2, 0.25) is 0 Å². The molecule has 1 aliphatic heterocycles. The van der Waals surface area contributed by atoms with Gasteiger partial charge in [0.05, 0.1) is 23.9 Å². The molecule has 9 heteroatoms. The van der Waals surface area contributed by atoms with Gasteiger partial charge in [-0.2, -0.15) is 0 Å². The number of nitrogens with one attached hydrogen (secondary N) is 1. The Morgan fingerprint density at radius 3 is 2.56 bits per heavy atom.